The van der Waals surface area contributed by atoms with Crippen LogP contribution in [0.2, 0.25) is 0 Å². The maximum atomic E-state index is 12.5. The average molecular weight is 431 g/mol. The predicted octanol–water partition coefficient (Wildman–Crippen LogP) is 5.64. The van der Waals surface area contributed by atoms with Crippen LogP contribution < -0.4 is 21.3 Å². The van der Waals surface area contributed by atoms with Gasteiger partial charge in [0.15, 0.2) is 0 Å². The van der Waals surface area contributed by atoms with Crippen molar-refractivity contribution in [2.75, 3.05) is 0 Å². The SMILES string of the molecule is CC.CC1(C)C=CC(NC(=O)NC2CCCCC2)=CC(NC(=O)NC2CCCCC2)=C1. The second-order valence-corrected chi connectivity index (χ2v) is 9.22. The van der Waals surface area contributed by atoms with Gasteiger partial charge in [-0.15, -0.1) is 0 Å². The maximum absolute atomic E-state index is 12.5. The summed E-state index contributed by atoms with van der Waals surface area (Å²) in [5, 5.41) is 12.1. The van der Waals surface area contributed by atoms with Crippen molar-refractivity contribution in [2.24, 2.45) is 5.41 Å². The standard InChI is InChI=1S/C23H36N4O2.C2H6/c1-23(2)14-13-19(26-21(28)24-17-9-5-3-6-10-17)15-20(16-23)27-22(29)25-18-11-7-4-8-12-18;1-2/h13-18H,3-12H2,1-2H3,(H2,24,26,28)(H2,25,27,29);1-2H3. The molecule has 31 heavy (non-hydrogen) atoms. The van der Waals surface area contributed by atoms with Gasteiger partial charge in [-0.05, 0) is 37.8 Å². The van der Waals surface area contributed by atoms with Gasteiger partial charge in [-0.25, -0.2) is 9.59 Å². The van der Waals surface area contributed by atoms with Gasteiger partial charge in [0.2, 0.25) is 0 Å². The quantitative estimate of drug-likeness (QED) is 0.465. The molecular weight excluding hydrogens is 388 g/mol. The Labute approximate surface area is 188 Å². The minimum absolute atomic E-state index is 0.178. The van der Waals surface area contributed by atoms with Gasteiger partial charge >= 0.3 is 12.1 Å². The number of hydrogen-bond acceptors (Lipinski definition) is 2. The van der Waals surface area contributed by atoms with Crippen molar-refractivity contribution in [1.29, 1.82) is 0 Å². The summed E-state index contributed by atoms with van der Waals surface area (Å²) in [5.74, 6) is 0. The molecule has 0 unspecified atom stereocenters. The third kappa shape index (κ3) is 9.19. The van der Waals surface area contributed by atoms with Crippen molar-refractivity contribution in [1.82, 2.24) is 21.3 Å². The van der Waals surface area contributed by atoms with Crippen molar-refractivity contribution < 1.29 is 9.59 Å². The first-order valence-corrected chi connectivity index (χ1v) is 12.2. The molecule has 0 atom stereocenters. The molecule has 6 nitrogen and oxygen atoms in total. The van der Waals surface area contributed by atoms with Crippen LogP contribution in [0.4, 0.5) is 9.59 Å². The molecule has 0 aliphatic heterocycles. The highest BCUT2D eigenvalue weighted by Gasteiger charge is 2.20. The van der Waals surface area contributed by atoms with Crippen LogP contribution in [0.1, 0.15) is 91.9 Å². The zero-order valence-electron chi connectivity index (χ0n) is 19.9. The van der Waals surface area contributed by atoms with Crippen molar-refractivity contribution >= 4 is 12.1 Å². The van der Waals surface area contributed by atoms with Crippen LogP contribution >= 0.6 is 0 Å². The molecule has 4 N–H and O–H groups in total. The van der Waals surface area contributed by atoms with Gasteiger partial charge in [-0.3, -0.25) is 0 Å². The van der Waals surface area contributed by atoms with Gasteiger partial charge in [0.25, 0.3) is 0 Å². The van der Waals surface area contributed by atoms with Gasteiger partial charge < -0.3 is 21.3 Å². The fourth-order valence-electron chi connectivity index (χ4n) is 4.36. The predicted molar refractivity (Wildman–Crippen MR) is 128 cm³/mol. The normalized spacial score (nSPS) is 21.4. The van der Waals surface area contributed by atoms with Gasteiger partial charge in [-0.2, -0.15) is 0 Å². The Hall–Kier alpha value is -2.24. The Morgan fingerprint density at radius 2 is 1.23 bits per heavy atom. The third-order valence-electron chi connectivity index (χ3n) is 5.93. The summed E-state index contributed by atoms with van der Waals surface area (Å²) in [6, 6.07) is 0.149. The minimum Gasteiger partial charge on any atom is -0.335 e. The number of rotatable bonds is 4. The molecule has 0 aromatic heterocycles. The number of carbonyl (C=O) groups is 2. The number of nitrogens with one attached hydrogen (secondary N) is 4. The van der Waals surface area contributed by atoms with Gasteiger partial charge in [0.05, 0.1) is 0 Å². The summed E-state index contributed by atoms with van der Waals surface area (Å²) < 4.78 is 0. The molecule has 6 heteroatoms. The lowest BCUT2D eigenvalue weighted by molar-refractivity contribution is 0.235. The first kappa shape index (κ1) is 25.0. The Morgan fingerprint density at radius 3 is 1.71 bits per heavy atom. The lowest BCUT2D eigenvalue weighted by Crippen LogP contribution is -2.43. The topological polar surface area (TPSA) is 82.3 Å². The van der Waals surface area contributed by atoms with Crippen molar-refractivity contribution in [3.05, 3.63) is 35.7 Å². The molecule has 2 fully saturated rings. The van der Waals surface area contributed by atoms with E-state index in [-0.39, 0.29) is 29.6 Å². The Morgan fingerprint density at radius 1 is 0.774 bits per heavy atom. The Balaban J connectivity index is 0.00000166. The molecule has 0 saturated heterocycles. The van der Waals surface area contributed by atoms with Crippen LogP contribution in [0.25, 0.3) is 0 Å². The highest BCUT2D eigenvalue weighted by molar-refractivity contribution is 5.78. The molecule has 0 aromatic carbocycles. The van der Waals surface area contributed by atoms with Crippen LogP contribution in [0.15, 0.2) is 35.7 Å². The molecule has 0 radical (unpaired) electrons. The minimum atomic E-state index is -0.229. The number of carbonyl (C=O) groups excluding carboxylic acids is 2. The van der Waals surface area contributed by atoms with E-state index in [0.29, 0.717) is 11.4 Å². The largest absolute Gasteiger partial charge is 0.335 e. The third-order valence-corrected chi connectivity index (χ3v) is 5.93. The molecule has 4 amide bonds. The molecular formula is C25H42N4O2. The number of urea groups is 2. The summed E-state index contributed by atoms with van der Waals surface area (Å²) in [6.45, 7) is 8.15. The van der Waals surface area contributed by atoms with Gasteiger partial charge in [0, 0.05) is 28.9 Å². The van der Waals surface area contributed by atoms with E-state index in [2.05, 4.69) is 35.1 Å². The second-order valence-electron chi connectivity index (χ2n) is 9.22. The highest BCUT2D eigenvalue weighted by atomic mass is 16.2. The number of allylic oxidation sites excluding steroid dienone is 4. The monoisotopic (exact) mass is 430 g/mol. The van der Waals surface area contributed by atoms with E-state index in [1.165, 1.54) is 38.5 Å². The molecule has 0 aromatic rings. The van der Waals surface area contributed by atoms with E-state index in [1.54, 1.807) is 0 Å². The molecule has 174 valence electrons. The first-order valence-electron chi connectivity index (χ1n) is 12.2. The van der Waals surface area contributed by atoms with E-state index >= 15 is 0 Å². The van der Waals surface area contributed by atoms with Crippen LogP contribution in [-0.4, -0.2) is 24.1 Å². The lowest BCUT2D eigenvalue weighted by atomic mass is 9.92. The lowest BCUT2D eigenvalue weighted by Gasteiger charge is -2.23. The van der Waals surface area contributed by atoms with E-state index < -0.39 is 0 Å². The van der Waals surface area contributed by atoms with E-state index in [9.17, 15) is 9.59 Å². The summed E-state index contributed by atoms with van der Waals surface area (Å²) in [4.78, 5) is 24.9. The number of hydrogen-bond donors (Lipinski definition) is 4. The summed E-state index contributed by atoms with van der Waals surface area (Å²) >= 11 is 0. The van der Waals surface area contributed by atoms with Gasteiger partial charge in [-0.1, -0.05) is 78.4 Å². The van der Waals surface area contributed by atoms with E-state index in [1.807, 2.05) is 38.2 Å². The number of amides is 4. The molecule has 0 heterocycles. The van der Waals surface area contributed by atoms with Crippen LogP contribution in [0.3, 0.4) is 0 Å². The highest BCUT2D eigenvalue weighted by Crippen LogP contribution is 2.25. The fraction of sp³-hybridized carbons (Fsp3) is 0.680. The summed E-state index contributed by atoms with van der Waals surface area (Å²) in [7, 11) is 0. The summed E-state index contributed by atoms with van der Waals surface area (Å²) in [6.07, 6.45) is 19.2. The van der Waals surface area contributed by atoms with Crippen LogP contribution in [0.5, 0.6) is 0 Å². The van der Waals surface area contributed by atoms with Gasteiger partial charge in [0.1, 0.15) is 0 Å². The molecule has 3 aliphatic carbocycles. The van der Waals surface area contributed by atoms with Crippen molar-refractivity contribution in [2.45, 2.75) is 104 Å². The zero-order chi connectivity index (χ0) is 22.7. The Kier molecular flexibility index (Phi) is 10.2. The molecule has 3 aliphatic rings. The first-order chi connectivity index (χ1) is 14.9. The Bertz CT molecular complexity index is 682. The molecule has 0 spiro atoms. The molecule has 0 bridgehead atoms. The summed E-state index contributed by atoms with van der Waals surface area (Å²) in [5.41, 5.74) is 1.14. The van der Waals surface area contributed by atoms with Crippen LogP contribution in [0, 0.1) is 5.41 Å². The fourth-order valence-corrected chi connectivity index (χ4v) is 4.36. The van der Waals surface area contributed by atoms with E-state index in [4.69, 9.17) is 0 Å². The van der Waals surface area contributed by atoms with Crippen molar-refractivity contribution in [3.8, 4) is 0 Å². The second kappa shape index (κ2) is 12.6. The van der Waals surface area contributed by atoms with Crippen LogP contribution in [-0.2, 0) is 0 Å². The maximum Gasteiger partial charge on any atom is 0.319 e. The smallest absolute Gasteiger partial charge is 0.319 e. The molecule has 3 rings (SSSR count). The van der Waals surface area contributed by atoms with Crippen molar-refractivity contribution in [3.63, 3.8) is 0 Å². The zero-order valence-corrected chi connectivity index (χ0v) is 19.9. The molecule has 2 saturated carbocycles. The average Bonchev–Trinajstić information content (AvgIpc) is 2.88. The van der Waals surface area contributed by atoms with E-state index in [0.717, 1.165) is 25.7 Å².